The molecule has 0 fully saturated rings. The number of rotatable bonds is 2. The van der Waals surface area contributed by atoms with Crippen LogP contribution in [0.15, 0.2) is 24.3 Å². The average molecular weight is 136 g/mol. The average Bonchev–Trinajstić information content (AvgIpc) is 1.94. The van der Waals surface area contributed by atoms with Crippen LogP contribution in [0.25, 0.3) is 0 Å². The molecular weight excluding hydrogens is 126 g/mol. The predicted octanol–water partition coefficient (Wildman–Crippen LogP) is 2.26. The lowest BCUT2D eigenvalue weighted by atomic mass is 10.3. The molecule has 1 aromatic rings. The molecule has 1 rings (SSSR count). The quantitative estimate of drug-likeness (QED) is 0.664. The Morgan fingerprint density at radius 3 is 2.70 bits per heavy atom. The van der Waals surface area contributed by atoms with Crippen LogP contribution in [0, 0.1) is 0 Å². The lowest BCUT2D eigenvalue weighted by Crippen LogP contribution is -1.95. The van der Waals surface area contributed by atoms with Crippen LogP contribution in [0.4, 0.5) is 5.69 Å². The molecule has 0 aromatic heterocycles. The molecule has 0 saturated heterocycles. The second-order valence-electron chi connectivity index (χ2n) is 2.03. The maximum atomic E-state index is 10.9. The standard InChI is InChI=1S/C8H10NO/c1-2-9-7-5-3-4-6-8(7)10/h3-6,9H,2H2,1H3. The predicted molar refractivity (Wildman–Crippen MR) is 40.7 cm³/mol. The maximum absolute atomic E-state index is 10.9. The van der Waals surface area contributed by atoms with Gasteiger partial charge in [-0.05, 0) is 19.1 Å². The van der Waals surface area contributed by atoms with E-state index in [0.717, 1.165) is 6.54 Å². The Kier molecular flexibility index (Phi) is 2.15. The van der Waals surface area contributed by atoms with E-state index in [4.69, 9.17) is 0 Å². The van der Waals surface area contributed by atoms with E-state index in [1.807, 2.05) is 13.0 Å². The van der Waals surface area contributed by atoms with E-state index >= 15 is 0 Å². The fraction of sp³-hybridized carbons (Fsp3) is 0.250. The van der Waals surface area contributed by atoms with Gasteiger partial charge in [0.15, 0.2) is 0 Å². The van der Waals surface area contributed by atoms with Gasteiger partial charge in [0, 0.05) is 6.54 Å². The van der Waals surface area contributed by atoms with Gasteiger partial charge in [-0.25, -0.2) is 0 Å². The first-order chi connectivity index (χ1) is 4.84. The van der Waals surface area contributed by atoms with Crippen LogP contribution in [-0.2, 0) is 5.11 Å². The van der Waals surface area contributed by atoms with Crippen LogP contribution in [0.5, 0.6) is 5.75 Å². The van der Waals surface area contributed by atoms with Crippen molar-refractivity contribution in [3.8, 4) is 5.75 Å². The molecule has 0 amide bonds. The first-order valence-electron chi connectivity index (χ1n) is 3.34. The number of benzene rings is 1. The molecular formula is C8H10NO. The molecule has 0 aliphatic rings. The summed E-state index contributed by atoms with van der Waals surface area (Å²) in [5, 5.41) is 13.9. The van der Waals surface area contributed by atoms with Crippen molar-refractivity contribution in [1.29, 1.82) is 0 Å². The second kappa shape index (κ2) is 3.11. The molecule has 2 heteroatoms. The van der Waals surface area contributed by atoms with Crippen molar-refractivity contribution < 1.29 is 5.11 Å². The van der Waals surface area contributed by atoms with E-state index in [1.54, 1.807) is 18.2 Å². The molecule has 10 heavy (non-hydrogen) atoms. The molecule has 2 nitrogen and oxygen atoms in total. The molecule has 1 aromatic carbocycles. The zero-order valence-electron chi connectivity index (χ0n) is 5.92. The van der Waals surface area contributed by atoms with Crippen molar-refractivity contribution in [2.75, 3.05) is 11.9 Å². The molecule has 0 unspecified atom stereocenters. The molecule has 0 heterocycles. The topological polar surface area (TPSA) is 31.9 Å². The second-order valence-corrected chi connectivity index (χ2v) is 2.03. The summed E-state index contributed by atoms with van der Waals surface area (Å²) >= 11 is 0. The molecule has 0 saturated carbocycles. The molecule has 53 valence electrons. The minimum Gasteiger partial charge on any atom is -0.382 e. The zero-order chi connectivity index (χ0) is 7.40. The largest absolute Gasteiger partial charge is 0.382 e. The van der Waals surface area contributed by atoms with Gasteiger partial charge in [-0.2, -0.15) is 0 Å². The third-order valence-corrected chi connectivity index (χ3v) is 1.25. The summed E-state index contributed by atoms with van der Waals surface area (Å²) < 4.78 is 0. The Labute approximate surface area is 60.5 Å². The lowest BCUT2D eigenvalue weighted by molar-refractivity contribution is 0.357. The van der Waals surface area contributed by atoms with Gasteiger partial charge in [-0.1, -0.05) is 12.1 Å². The van der Waals surface area contributed by atoms with Crippen molar-refractivity contribution >= 4 is 5.69 Å². The highest BCUT2D eigenvalue weighted by atomic mass is 16.3. The molecule has 0 bridgehead atoms. The normalized spacial score (nSPS) is 9.30. The number of para-hydroxylation sites is 2. The van der Waals surface area contributed by atoms with Gasteiger partial charge in [0.25, 0.3) is 0 Å². The van der Waals surface area contributed by atoms with E-state index in [0.29, 0.717) is 5.69 Å². The number of hydrogen-bond donors (Lipinski definition) is 1. The summed E-state index contributed by atoms with van der Waals surface area (Å²) in [6.45, 7) is 2.76. The van der Waals surface area contributed by atoms with Crippen molar-refractivity contribution in [2.45, 2.75) is 6.92 Å². The van der Waals surface area contributed by atoms with Gasteiger partial charge in [0.05, 0.1) is 5.69 Å². The fourth-order valence-corrected chi connectivity index (χ4v) is 0.803. The molecule has 0 aliphatic carbocycles. The van der Waals surface area contributed by atoms with E-state index in [2.05, 4.69) is 5.32 Å². The lowest BCUT2D eigenvalue weighted by Gasteiger charge is -2.01. The van der Waals surface area contributed by atoms with Crippen molar-refractivity contribution in [1.82, 2.24) is 0 Å². The Balaban J connectivity index is 2.81. The van der Waals surface area contributed by atoms with Crippen molar-refractivity contribution in [2.24, 2.45) is 0 Å². The van der Waals surface area contributed by atoms with Crippen LogP contribution in [-0.4, -0.2) is 6.54 Å². The minimum atomic E-state index is 0.0596. The highest BCUT2D eigenvalue weighted by Crippen LogP contribution is 2.21. The van der Waals surface area contributed by atoms with Crippen molar-refractivity contribution in [3.63, 3.8) is 0 Å². The smallest absolute Gasteiger partial charge is 0.201 e. The van der Waals surface area contributed by atoms with Crippen LogP contribution >= 0.6 is 0 Å². The van der Waals surface area contributed by atoms with Gasteiger partial charge in [-0.3, -0.25) is 5.11 Å². The molecule has 0 aliphatic heterocycles. The van der Waals surface area contributed by atoms with Gasteiger partial charge in [0.1, 0.15) is 0 Å². The van der Waals surface area contributed by atoms with Crippen LogP contribution in [0.2, 0.25) is 0 Å². The summed E-state index contributed by atoms with van der Waals surface area (Å²) in [4.78, 5) is 0. The first kappa shape index (κ1) is 6.93. The number of hydrogen-bond acceptors (Lipinski definition) is 1. The van der Waals surface area contributed by atoms with E-state index in [1.165, 1.54) is 0 Å². The van der Waals surface area contributed by atoms with Gasteiger partial charge < -0.3 is 5.32 Å². The van der Waals surface area contributed by atoms with Gasteiger partial charge >= 0.3 is 0 Å². The first-order valence-corrected chi connectivity index (χ1v) is 3.34. The number of nitrogens with one attached hydrogen (secondary N) is 1. The van der Waals surface area contributed by atoms with Crippen LogP contribution < -0.4 is 5.32 Å². The SMILES string of the molecule is CCNc1ccccc1[O]. The van der Waals surface area contributed by atoms with Gasteiger partial charge in [-0.15, -0.1) is 0 Å². The molecule has 1 N–H and O–H groups in total. The van der Waals surface area contributed by atoms with E-state index in [9.17, 15) is 5.11 Å². The highest BCUT2D eigenvalue weighted by Gasteiger charge is 1.96. The summed E-state index contributed by atoms with van der Waals surface area (Å²) in [7, 11) is 0. The Bertz CT molecular complexity index is 210. The Morgan fingerprint density at radius 1 is 1.40 bits per heavy atom. The fourth-order valence-electron chi connectivity index (χ4n) is 0.803. The summed E-state index contributed by atoms with van der Waals surface area (Å²) in [6, 6.07) is 6.92. The molecule has 0 spiro atoms. The molecule has 0 atom stereocenters. The van der Waals surface area contributed by atoms with E-state index < -0.39 is 0 Å². The Hall–Kier alpha value is -1.18. The van der Waals surface area contributed by atoms with Crippen LogP contribution in [0.1, 0.15) is 6.92 Å². The monoisotopic (exact) mass is 136 g/mol. The minimum absolute atomic E-state index is 0.0596. The summed E-state index contributed by atoms with van der Waals surface area (Å²) in [5.74, 6) is 0.0596. The van der Waals surface area contributed by atoms with E-state index in [-0.39, 0.29) is 5.75 Å². The zero-order valence-corrected chi connectivity index (χ0v) is 5.92. The molecule has 1 radical (unpaired) electrons. The summed E-state index contributed by atoms with van der Waals surface area (Å²) in [5.41, 5.74) is 0.685. The van der Waals surface area contributed by atoms with Gasteiger partial charge in [0.2, 0.25) is 5.75 Å². The third kappa shape index (κ3) is 1.41. The highest BCUT2D eigenvalue weighted by molar-refractivity contribution is 5.54. The van der Waals surface area contributed by atoms with Crippen LogP contribution in [0.3, 0.4) is 0 Å². The third-order valence-electron chi connectivity index (χ3n) is 1.25. The maximum Gasteiger partial charge on any atom is 0.201 e. The Morgan fingerprint density at radius 2 is 2.10 bits per heavy atom. The summed E-state index contributed by atoms with van der Waals surface area (Å²) in [6.07, 6.45) is 0. The number of anilines is 1. The van der Waals surface area contributed by atoms with Crippen molar-refractivity contribution in [3.05, 3.63) is 24.3 Å².